The summed E-state index contributed by atoms with van der Waals surface area (Å²) in [6.07, 6.45) is 4.10. The molecule has 3 N–H and O–H groups in total. The van der Waals surface area contributed by atoms with Gasteiger partial charge in [0.25, 0.3) is 0 Å². The standard InChI is InChI=1S/C14H14N2O/c15-10-1-3-12-8(6-10)5-9-7-11(16)2-4-13(9)14(12)17/h1,3-4,6,9,16H,2,5,7,15H2. The Morgan fingerprint density at radius 2 is 2.12 bits per heavy atom. The van der Waals surface area contributed by atoms with E-state index in [0.29, 0.717) is 18.5 Å². The number of nitrogens with one attached hydrogen (secondary N) is 1. The molecule has 0 saturated heterocycles. The van der Waals surface area contributed by atoms with Crippen LogP contribution in [-0.4, -0.2) is 11.5 Å². The first-order chi connectivity index (χ1) is 8.15. The molecule has 0 fully saturated rings. The number of nitrogens with two attached hydrogens (primary N) is 1. The Kier molecular flexibility index (Phi) is 2.15. The summed E-state index contributed by atoms with van der Waals surface area (Å²) in [5.41, 5.74) is 9.90. The van der Waals surface area contributed by atoms with E-state index in [4.69, 9.17) is 11.1 Å². The monoisotopic (exact) mass is 226 g/mol. The minimum absolute atomic E-state index is 0.128. The topological polar surface area (TPSA) is 66.9 Å². The van der Waals surface area contributed by atoms with Crippen molar-refractivity contribution in [3.05, 3.63) is 41.0 Å². The highest BCUT2D eigenvalue weighted by atomic mass is 16.1. The lowest BCUT2D eigenvalue weighted by molar-refractivity contribution is 0.101. The number of fused-ring (bicyclic) bond motifs is 2. The van der Waals surface area contributed by atoms with Gasteiger partial charge in [0, 0.05) is 29.0 Å². The average Bonchev–Trinajstić information content (AvgIpc) is 2.28. The van der Waals surface area contributed by atoms with Crippen molar-refractivity contribution >= 4 is 17.2 Å². The van der Waals surface area contributed by atoms with Gasteiger partial charge in [-0.15, -0.1) is 0 Å². The molecular formula is C14H14N2O. The summed E-state index contributed by atoms with van der Waals surface area (Å²) in [6.45, 7) is 0. The Hall–Kier alpha value is -1.90. The number of anilines is 1. The zero-order chi connectivity index (χ0) is 12.0. The van der Waals surface area contributed by atoms with E-state index in [0.717, 1.165) is 28.8 Å². The quantitative estimate of drug-likeness (QED) is 0.667. The number of carbonyl (C=O) groups is 1. The van der Waals surface area contributed by atoms with E-state index in [1.807, 2.05) is 18.2 Å². The Morgan fingerprint density at radius 1 is 1.29 bits per heavy atom. The molecule has 0 saturated carbocycles. The van der Waals surface area contributed by atoms with Crippen molar-refractivity contribution in [1.29, 1.82) is 5.41 Å². The van der Waals surface area contributed by atoms with E-state index in [9.17, 15) is 4.79 Å². The molecule has 86 valence electrons. The molecular weight excluding hydrogens is 212 g/mol. The minimum Gasteiger partial charge on any atom is -0.399 e. The molecule has 17 heavy (non-hydrogen) atoms. The lowest BCUT2D eigenvalue weighted by atomic mass is 9.73. The molecule has 2 aliphatic rings. The number of allylic oxidation sites excluding steroid dienone is 2. The lowest BCUT2D eigenvalue weighted by Crippen LogP contribution is -2.28. The third-order valence-corrected chi connectivity index (χ3v) is 3.60. The van der Waals surface area contributed by atoms with Gasteiger partial charge in [-0.2, -0.15) is 0 Å². The third-order valence-electron chi connectivity index (χ3n) is 3.60. The Balaban J connectivity index is 2.10. The highest BCUT2D eigenvalue weighted by Crippen LogP contribution is 2.35. The molecule has 0 heterocycles. The fourth-order valence-electron chi connectivity index (χ4n) is 2.78. The van der Waals surface area contributed by atoms with Crippen LogP contribution < -0.4 is 5.73 Å². The Morgan fingerprint density at radius 3 is 2.94 bits per heavy atom. The van der Waals surface area contributed by atoms with Crippen LogP contribution in [0.15, 0.2) is 29.8 Å². The van der Waals surface area contributed by atoms with E-state index in [-0.39, 0.29) is 11.7 Å². The van der Waals surface area contributed by atoms with Gasteiger partial charge in [0.1, 0.15) is 0 Å². The normalized spacial score (nSPS) is 22.8. The molecule has 0 aliphatic heterocycles. The van der Waals surface area contributed by atoms with Crippen LogP contribution in [0.2, 0.25) is 0 Å². The average molecular weight is 226 g/mol. The fourth-order valence-corrected chi connectivity index (χ4v) is 2.78. The van der Waals surface area contributed by atoms with Crippen LogP contribution in [-0.2, 0) is 6.42 Å². The summed E-state index contributed by atoms with van der Waals surface area (Å²) in [5.74, 6) is 0.321. The van der Waals surface area contributed by atoms with Crippen LogP contribution >= 0.6 is 0 Å². The largest absolute Gasteiger partial charge is 0.399 e. The summed E-state index contributed by atoms with van der Waals surface area (Å²) >= 11 is 0. The van der Waals surface area contributed by atoms with Gasteiger partial charge in [0.2, 0.25) is 0 Å². The molecule has 3 heteroatoms. The van der Waals surface area contributed by atoms with Crippen molar-refractivity contribution in [3.63, 3.8) is 0 Å². The highest BCUT2D eigenvalue weighted by Gasteiger charge is 2.32. The predicted molar refractivity (Wildman–Crippen MR) is 67.4 cm³/mol. The molecule has 1 aromatic carbocycles. The zero-order valence-electron chi connectivity index (χ0n) is 9.49. The summed E-state index contributed by atoms with van der Waals surface area (Å²) in [7, 11) is 0. The fraction of sp³-hybridized carbons (Fsp3) is 0.286. The first-order valence-corrected chi connectivity index (χ1v) is 5.84. The molecule has 0 spiro atoms. The zero-order valence-corrected chi connectivity index (χ0v) is 9.49. The number of nitrogen functional groups attached to an aromatic ring is 1. The van der Waals surface area contributed by atoms with Gasteiger partial charge in [0.05, 0.1) is 0 Å². The first kappa shape index (κ1) is 10.3. The SMILES string of the molecule is N=C1CC=C2C(=O)c3ccc(N)cc3CC2C1. The van der Waals surface area contributed by atoms with Gasteiger partial charge in [0.15, 0.2) is 5.78 Å². The second-order valence-electron chi connectivity index (χ2n) is 4.82. The van der Waals surface area contributed by atoms with Crippen molar-refractivity contribution < 1.29 is 4.79 Å². The highest BCUT2D eigenvalue weighted by molar-refractivity contribution is 6.12. The van der Waals surface area contributed by atoms with E-state index >= 15 is 0 Å². The number of benzene rings is 1. The Labute approximate surface area is 99.8 Å². The number of Topliss-reactive ketones (excluding diaryl/α,β-unsaturated/α-hetero) is 1. The number of rotatable bonds is 0. The van der Waals surface area contributed by atoms with Crippen LogP contribution in [0.5, 0.6) is 0 Å². The third kappa shape index (κ3) is 1.58. The van der Waals surface area contributed by atoms with Crippen LogP contribution in [0.1, 0.15) is 28.8 Å². The van der Waals surface area contributed by atoms with E-state index in [1.54, 1.807) is 6.07 Å². The first-order valence-electron chi connectivity index (χ1n) is 5.84. The van der Waals surface area contributed by atoms with Crippen molar-refractivity contribution in [1.82, 2.24) is 0 Å². The van der Waals surface area contributed by atoms with E-state index in [2.05, 4.69) is 0 Å². The maximum Gasteiger partial charge on any atom is 0.189 e. The van der Waals surface area contributed by atoms with Gasteiger partial charge in [-0.3, -0.25) is 4.79 Å². The Bertz CT molecular complexity index is 557. The molecule has 0 bridgehead atoms. The second kappa shape index (κ2) is 3.55. The molecule has 3 rings (SSSR count). The summed E-state index contributed by atoms with van der Waals surface area (Å²) in [4.78, 5) is 12.3. The van der Waals surface area contributed by atoms with Gasteiger partial charge < -0.3 is 11.1 Å². The van der Waals surface area contributed by atoms with Gasteiger partial charge in [-0.05, 0) is 42.5 Å². The van der Waals surface area contributed by atoms with Gasteiger partial charge >= 0.3 is 0 Å². The number of ketones is 1. The molecule has 0 aromatic heterocycles. The smallest absolute Gasteiger partial charge is 0.189 e. The van der Waals surface area contributed by atoms with Crippen molar-refractivity contribution in [2.45, 2.75) is 19.3 Å². The lowest BCUT2D eigenvalue weighted by Gasteiger charge is -2.29. The second-order valence-corrected chi connectivity index (χ2v) is 4.82. The molecule has 0 amide bonds. The maximum atomic E-state index is 12.3. The van der Waals surface area contributed by atoms with Crippen LogP contribution in [0, 0.1) is 11.3 Å². The number of hydrogen-bond acceptors (Lipinski definition) is 3. The molecule has 1 atom stereocenters. The van der Waals surface area contributed by atoms with Crippen LogP contribution in [0.25, 0.3) is 0 Å². The minimum atomic E-state index is 0.128. The van der Waals surface area contributed by atoms with Crippen LogP contribution in [0.4, 0.5) is 5.69 Å². The summed E-state index contributed by atoms with van der Waals surface area (Å²) in [6, 6.07) is 5.49. The van der Waals surface area contributed by atoms with Crippen LogP contribution in [0.3, 0.4) is 0 Å². The molecule has 1 aromatic rings. The van der Waals surface area contributed by atoms with Crippen molar-refractivity contribution in [2.75, 3.05) is 5.73 Å². The molecule has 3 nitrogen and oxygen atoms in total. The number of hydrogen-bond donors (Lipinski definition) is 2. The van der Waals surface area contributed by atoms with E-state index < -0.39 is 0 Å². The summed E-state index contributed by atoms with van der Waals surface area (Å²) in [5, 5.41) is 7.72. The number of carbonyl (C=O) groups excluding carboxylic acids is 1. The van der Waals surface area contributed by atoms with Crippen molar-refractivity contribution in [3.8, 4) is 0 Å². The van der Waals surface area contributed by atoms with E-state index in [1.165, 1.54) is 0 Å². The summed E-state index contributed by atoms with van der Waals surface area (Å²) < 4.78 is 0. The maximum absolute atomic E-state index is 12.3. The molecule has 0 radical (unpaired) electrons. The van der Waals surface area contributed by atoms with Gasteiger partial charge in [-0.25, -0.2) is 0 Å². The molecule has 1 unspecified atom stereocenters. The van der Waals surface area contributed by atoms with Gasteiger partial charge in [-0.1, -0.05) is 6.08 Å². The van der Waals surface area contributed by atoms with Crippen molar-refractivity contribution in [2.24, 2.45) is 5.92 Å². The predicted octanol–water partition coefficient (Wildman–Crippen LogP) is 2.36. The molecule has 2 aliphatic carbocycles.